The molecular formula is C16H20ClFN4O. The van der Waals surface area contributed by atoms with Gasteiger partial charge in [0.15, 0.2) is 0 Å². The van der Waals surface area contributed by atoms with Gasteiger partial charge in [-0.25, -0.2) is 4.39 Å². The quantitative estimate of drug-likeness (QED) is 0.804. The molecular weight excluding hydrogens is 319 g/mol. The maximum Gasteiger partial charge on any atom is 0.255 e. The maximum absolute atomic E-state index is 13.0. The molecule has 7 heteroatoms. The third-order valence-electron chi connectivity index (χ3n) is 4.12. The number of aromatic amines is 1. The zero-order valence-corrected chi connectivity index (χ0v) is 13.6. The van der Waals surface area contributed by atoms with Gasteiger partial charge in [-0.2, -0.15) is 5.10 Å². The molecule has 0 aliphatic carbocycles. The number of H-pyrrole nitrogens is 1. The average Bonchev–Trinajstić information content (AvgIpc) is 3.00. The Kier molecular flexibility index (Phi) is 5.74. The van der Waals surface area contributed by atoms with Gasteiger partial charge in [-0.05, 0) is 49.7 Å². The monoisotopic (exact) mass is 338 g/mol. The van der Waals surface area contributed by atoms with Crippen LogP contribution in [0.15, 0.2) is 30.5 Å². The molecule has 0 radical (unpaired) electrons. The van der Waals surface area contributed by atoms with Crippen LogP contribution < -0.4 is 10.6 Å². The number of nitrogens with zero attached hydrogens (tertiary/aromatic N) is 1. The van der Waals surface area contributed by atoms with Crippen molar-refractivity contribution in [2.24, 2.45) is 5.92 Å². The lowest BCUT2D eigenvalue weighted by molar-refractivity contribution is 0.0915. The Hall–Kier alpha value is -1.92. The molecule has 2 unspecified atom stereocenters. The second kappa shape index (κ2) is 7.57. The fourth-order valence-electron chi connectivity index (χ4n) is 2.77. The van der Waals surface area contributed by atoms with Crippen LogP contribution in [0, 0.1) is 11.7 Å². The van der Waals surface area contributed by atoms with Crippen LogP contribution in [0.5, 0.6) is 0 Å². The summed E-state index contributed by atoms with van der Waals surface area (Å²) in [5.41, 5.74) is 1.83. The third kappa shape index (κ3) is 3.89. The molecule has 2 atom stereocenters. The van der Waals surface area contributed by atoms with Crippen LogP contribution >= 0.6 is 12.4 Å². The Bertz CT molecular complexity index is 658. The molecule has 3 rings (SSSR count). The number of halogens is 2. The van der Waals surface area contributed by atoms with Gasteiger partial charge in [-0.1, -0.05) is 6.92 Å². The van der Waals surface area contributed by atoms with Gasteiger partial charge in [0.05, 0.1) is 17.5 Å². The van der Waals surface area contributed by atoms with Gasteiger partial charge in [0.1, 0.15) is 5.82 Å². The fourth-order valence-corrected chi connectivity index (χ4v) is 2.77. The lowest BCUT2D eigenvalue weighted by Gasteiger charge is -2.30. The number of rotatable bonds is 3. The highest BCUT2D eigenvalue weighted by atomic mass is 35.5. The lowest BCUT2D eigenvalue weighted by atomic mass is 9.95. The van der Waals surface area contributed by atoms with E-state index in [9.17, 15) is 9.18 Å². The van der Waals surface area contributed by atoms with Crippen LogP contribution in [0.3, 0.4) is 0 Å². The first kappa shape index (κ1) is 17.4. The summed E-state index contributed by atoms with van der Waals surface area (Å²) >= 11 is 0. The third-order valence-corrected chi connectivity index (χ3v) is 4.12. The van der Waals surface area contributed by atoms with Crippen molar-refractivity contribution >= 4 is 18.3 Å². The molecule has 23 heavy (non-hydrogen) atoms. The van der Waals surface area contributed by atoms with Crippen LogP contribution in [0.25, 0.3) is 11.3 Å². The lowest BCUT2D eigenvalue weighted by Crippen LogP contribution is -2.48. The number of carbonyl (C=O) groups is 1. The van der Waals surface area contributed by atoms with E-state index in [4.69, 9.17) is 0 Å². The van der Waals surface area contributed by atoms with Crippen molar-refractivity contribution in [2.45, 2.75) is 19.4 Å². The largest absolute Gasteiger partial charge is 0.349 e. The molecule has 0 spiro atoms. The molecule has 1 aliphatic heterocycles. The first-order valence-electron chi connectivity index (χ1n) is 7.46. The van der Waals surface area contributed by atoms with Crippen LogP contribution in [0.2, 0.25) is 0 Å². The normalized spacial score (nSPS) is 20.6. The number of hydrogen-bond donors (Lipinski definition) is 3. The molecule has 2 heterocycles. The van der Waals surface area contributed by atoms with Crippen molar-refractivity contribution in [1.29, 1.82) is 0 Å². The Morgan fingerprint density at radius 3 is 2.78 bits per heavy atom. The number of aromatic nitrogens is 2. The van der Waals surface area contributed by atoms with Crippen LogP contribution in [-0.2, 0) is 0 Å². The highest BCUT2D eigenvalue weighted by molar-refractivity contribution is 5.99. The first-order chi connectivity index (χ1) is 10.6. The van der Waals surface area contributed by atoms with Crippen LogP contribution in [0.1, 0.15) is 23.7 Å². The van der Waals surface area contributed by atoms with E-state index < -0.39 is 0 Å². The molecule has 1 aliphatic rings. The van der Waals surface area contributed by atoms with Crippen molar-refractivity contribution in [3.8, 4) is 11.3 Å². The summed E-state index contributed by atoms with van der Waals surface area (Å²) in [4.78, 5) is 12.5. The minimum atomic E-state index is -0.308. The molecule has 3 N–H and O–H groups in total. The van der Waals surface area contributed by atoms with E-state index in [0.717, 1.165) is 25.1 Å². The summed E-state index contributed by atoms with van der Waals surface area (Å²) in [6.07, 6.45) is 2.43. The molecule has 0 saturated carbocycles. The number of benzene rings is 1. The smallest absolute Gasteiger partial charge is 0.255 e. The molecule has 1 fully saturated rings. The SMILES string of the molecule is CC1CNCCC1NC(=O)c1cn[nH]c1-c1ccc(F)cc1.Cl. The Labute approximate surface area is 140 Å². The van der Waals surface area contributed by atoms with Gasteiger partial charge < -0.3 is 10.6 Å². The van der Waals surface area contributed by atoms with Crippen LogP contribution in [0.4, 0.5) is 4.39 Å². The molecule has 2 aromatic rings. The number of hydrogen-bond acceptors (Lipinski definition) is 3. The molecule has 0 bridgehead atoms. The minimum absolute atomic E-state index is 0. The predicted molar refractivity (Wildman–Crippen MR) is 89.1 cm³/mol. The second-order valence-electron chi connectivity index (χ2n) is 5.72. The Morgan fingerprint density at radius 2 is 2.09 bits per heavy atom. The predicted octanol–water partition coefficient (Wildman–Crippen LogP) is 2.37. The van der Waals surface area contributed by atoms with E-state index in [0.29, 0.717) is 17.2 Å². The zero-order chi connectivity index (χ0) is 15.5. The first-order valence-corrected chi connectivity index (χ1v) is 7.46. The van der Waals surface area contributed by atoms with Gasteiger partial charge >= 0.3 is 0 Å². The van der Waals surface area contributed by atoms with E-state index in [-0.39, 0.29) is 30.2 Å². The molecule has 1 amide bonds. The summed E-state index contributed by atoms with van der Waals surface area (Å²) in [5.74, 6) is -0.0662. The number of nitrogens with one attached hydrogen (secondary N) is 3. The van der Waals surface area contributed by atoms with E-state index in [1.807, 2.05) is 0 Å². The van der Waals surface area contributed by atoms with E-state index in [1.165, 1.54) is 18.3 Å². The molecule has 1 aromatic carbocycles. The van der Waals surface area contributed by atoms with E-state index in [2.05, 4.69) is 27.8 Å². The highest BCUT2D eigenvalue weighted by Gasteiger charge is 2.24. The highest BCUT2D eigenvalue weighted by Crippen LogP contribution is 2.22. The van der Waals surface area contributed by atoms with E-state index >= 15 is 0 Å². The van der Waals surface area contributed by atoms with Gasteiger partial charge in [-0.3, -0.25) is 9.89 Å². The molecule has 124 valence electrons. The van der Waals surface area contributed by atoms with Crippen molar-refractivity contribution in [1.82, 2.24) is 20.8 Å². The summed E-state index contributed by atoms with van der Waals surface area (Å²) < 4.78 is 13.0. The molecule has 1 aromatic heterocycles. The van der Waals surface area contributed by atoms with E-state index in [1.54, 1.807) is 12.1 Å². The topological polar surface area (TPSA) is 69.8 Å². The fraction of sp³-hybridized carbons (Fsp3) is 0.375. The van der Waals surface area contributed by atoms with Gasteiger partial charge in [-0.15, -0.1) is 12.4 Å². The summed E-state index contributed by atoms with van der Waals surface area (Å²) in [6.45, 7) is 3.93. The second-order valence-corrected chi connectivity index (χ2v) is 5.72. The maximum atomic E-state index is 13.0. The van der Waals surface area contributed by atoms with Crippen LogP contribution in [-0.4, -0.2) is 35.2 Å². The Morgan fingerprint density at radius 1 is 1.35 bits per heavy atom. The number of amides is 1. The van der Waals surface area contributed by atoms with Crippen molar-refractivity contribution in [3.05, 3.63) is 41.8 Å². The summed E-state index contributed by atoms with van der Waals surface area (Å²) in [5, 5.41) is 13.2. The standard InChI is InChI=1S/C16H19FN4O.ClH/c1-10-8-18-7-6-14(10)20-16(22)13-9-19-21-15(13)11-2-4-12(17)5-3-11;/h2-5,9-10,14,18H,6-8H2,1H3,(H,19,21)(H,20,22);1H. The van der Waals surface area contributed by atoms with Gasteiger partial charge in [0.2, 0.25) is 0 Å². The zero-order valence-electron chi connectivity index (χ0n) is 12.8. The average molecular weight is 339 g/mol. The van der Waals surface area contributed by atoms with Gasteiger partial charge in [0.25, 0.3) is 5.91 Å². The molecule has 1 saturated heterocycles. The molecule has 5 nitrogen and oxygen atoms in total. The van der Waals surface area contributed by atoms with Gasteiger partial charge in [0, 0.05) is 11.6 Å². The summed E-state index contributed by atoms with van der Waals surface area (Å²) in [7, 11) is 0. The summed E-state index contributed by atoms with van der Waals surface area (Å²) in [6, 6.07) is 6.16. The van der Waals surface area contributed by atoms with Crippen molar-refractivity contribution < 1.29 is 9.18 Å². The number of carbonyl (C=O) groups excluding carboxylic acids is 1. The number of piperidine rings is 1. The van der Waals surface area contributed by atoms with Crippen molar-refractivity contribution in [3.63, 3.8) is 0 Å². The van der Waals surface area contributed by atoms with Crippen molar-refractivity contribution in [2.75, 3.05) is 13.1 Å². The Balaban J connectivity index is 0.00000192. The minimum Gasteiger partial charge on any atom is -0.349 e.